The predicted molar refractivity (Wildman–Crippen MR) is 128 cm³/mol. The van der Waals surface area contributed by atoms with E-state index in [1.807, 2.05) is 56.4 Å². The van der Waals surface area contributed by atoms with E-state index in [9.17, 15) is 0 Å². The van der Waals surface area contributed by atoms with Crippen LogP contribution < -0.4 is 21.3 Å². The average Bonchev–Trinajstić information content (AvgIpc) is 2.74. The third-order valence-electron chi connectivity index (χ3n) is 5.43. The zero-order valence-corrected chi connectivity index (χ0v) is 19.0. The van der Waals surface area contributed by atoms with Gasteiger partial charge in [0.25, 0.3) is 0 Å². The van der Waals surface area contributed by atoms with Crippen molar-refractivity contribution in [1.29, 1.82) is 16.2 Å². The van der Waals surface area contributed by atoms with Crippen molar-refractivity contribution in [2.45, 2.75) is 20.0 Å². The third-order valence-corrected chi connectivity index (χ3v) is 5.43. The van der Waals surface area contributed by atoms with Crippen LogP contribution in [0.2, 0.25) is 0 Å². The minimum absolute atomic E-state index is 0.171. The third kappa shape index (κ3) is 5.17. The molecule has 7 N–H and O–H groups in total. The molecule has 3 aliphatic rings. The summed E-state index contributed by atoms with van der Waals surface area (Å²) in [6.45, 7) is 5.40. The van der Waals surface area contributed by atoms with E-state index in [1.165, 1.54) is 6.21 Å². The van der Waals surface area contributed by atoms with Gasteiger partial charge in [0, 0.05) is 57.0 Å². The lowest BCUT2D eigenvalue weighted by molar-refractivity contribution is 0.00569. The van der Waals surface area contributed by atoms with E-state index >= 15 is 0 Å². The minimum Gasteiger partial charge on any atom is -0.393 e. The van der Waals surface area contributed by atoms with Gasteiger partial charge >= 0.3 is 0 Å². The van der Waals surface area contributed by atoms with E-state index in [4.69, 9.17) is 21.0 Å². The number of dihydropyridines is 2. The molecule has 9 heteroatoms. The summed E-state index contributed by atoms with van der Waals surface area (Å²) in [6, 6.07) is 0. The van der Waals surface area contributed by atoms with Crippen LogP contribution in [0.1, 0.15) is 13.8 Å². The maximum atomic E-state index is 8.64. The van der Waals surface area contributed by atoms with Gasteiger partial charge in [-0.05, 0) is 35.8 Å². The summed E-state index contributed by atoms with van der Waals surface area (Å²) in [5, 5.41) is 37.0. The highest BCUT2D eigenvalue weighted by Gasteiger charge is 2.31. The molecule has 0 radical (unpaired) electrons. The van der Waals surface area contributed by atoms with Gasteiger partial charge in [0.05, 0.1) is 17.5 Å². The second kappa shape index (κ2) is 10.1. The first-order valence-electron chi connectivity index (χ1n) is 10.6. The highest BCUT2D eigenvalue weighted by atomic mass is 16.5. The Hall–Kier alpha value is -3.59. The van der Waals surface area contributed by atoms with Crippen molar-refractivity contribution in [3.8, 4) is 0 Å². The average molecular weight is 437 g/mol. The number of allylic oxidation sites excluding steroid dienone is 4. The molecular weight excluding hydrogens is 404 g/mol. The Bertz CT molecular complexity index is 974. The van der Waals surface area contributed by atoms with Gasteiger partial charge in [0.1, 0.15) is 17.5 Å². The van der Waals surface area contributed by atoms with Crippen molar-refractivity contribution >= 4 is 17.9 Å². The molecule has 3 aliphatic heterocycles. The van der Waals surface area contributed by atoms with Gasteiger partial charge in [-0.25, -0.2) is 0 Å². The number of fused-ring (bicyclic) bond motifs is 1. The fraction of sp³-hybridized carbons (Fsp3) is 0.348. The van der Waals surface area contributed by atoms with Gasteiger partial charge in [0.15, 0.2) is 0 Å². The number of rotatable bonds is 8. The van der Waals surface area contributed by atoms with Crippen LogP contribution in [0.25, 0.3) is 0 Å². The standard InChI is InChI=1S/C23H32N8O/c1-14(2)15(9-24)8-21(25)30-22-6-5-19-20(29-22)7-16(10-28-19)18(11-27-3)23(26)31-12-17(13-31)32-4/h5-11,14,17,24,26-29H,12-13H2,1-4H3,(H2,25,30)/b15-8?,18-11-,24-9?,26-23?. The number of ether oxygens (including phenoxy) is 1. The second-order valence-electron chi connectivity index (χ2n) is 8.03. The monoisotopic (exact) mass is 436 g/mol. The maximum absolute atomic E-state index is 8.64. The van der Waals surface area contributed by atoms with Crippen molar-refractivity contribution in [3.63, 3.8) is 0 Å². The summed E-state index contributed by atoms with van der Waals surface area (Å²) < 4.78 is 5.33. The van der Waals surface area contributed by atoms with Crippen LogP contribution in [0.15, 0.2) is 70.6 Å². The van der Waals surface area contributed by atoms with Crippen LogP contribution >= 0.6 is 0 Å². The Kier molecular flexibility index (Phi) is 7.32. The molecule has 0 unspecified atom stereocenters. The molecule has 0 aromatic heterocycles. The van der Waals surface area contributed by atoms with E-state index < -0.39 is 0 Å². The van der Waals surface area contributed by atoms with Crippen LogP contribution in [-0.4, -0.2) is 56.1 Å². The molecule has 3 heterocycles. The molecule has 0 aromatic rings. The molecule has 0 amide bonds. The number of likely N-dealkylation sites (tertiary alicyclic amines) is 1. The maximum Gasteiger partial charge on any atom is 0.130 e. The summed E-state index contributed by atoms with van der Waals surface area (Å²) in [5.74, 6) is 1.48. The first-order valence-corrected chi connectivity index (χ1v) is 10.6. The second-order valence-corrected chi connectivity index (χ2v) is 8.03. The molecule has 0 saturated carbocycles. The molecule has 170 valence electrons. The normalized spacial score (nSPS) is 18.7. The molecule has 0 bridgehead atoms. The summed E-state index contributed by atoms with van der Waals surface area (Å²) in [5.41, 5.74) is 4.17. The first kappa shape index (κ1) is 23.1. The molecule has 0 spiro atoms. The summed E-state index contributed by atoms with van der Waals surface area (Å²) >= 11 is 0. The molecule has 0 atom stereocenters. The summed E-state index contributed by atoms with van der Waals surface area (Å²) in [6.07, 6.45) is 12.6. The smallest absolute Gasteiger partial charge is 0.130 e. The molecule has 1 fully saturated rings. The van der Waals surface area contributed by atoms with Crippen molar-refractivity contribution in [3.05, 3.63) is 70.6 Å². The fourth-order valence-corrected chi connectivity index (χ4v) is 3.43. The molecule has 32 heavy (non-hydrogen) atoms. The summed E-state index contributed by atoms with van der Waals surface area (Å²) in [4.78, 5) is 1.98. The van der Waals surface area contributed by atoms with Crippen LogP contribution in [0.5, 0.6) is 0 Å². The van der Waals surface area contributed by atoms with Gasteiger partial charge in [-0.2, -0.15) is 0 Å². The van der Waals surface area contributed by atoms with Crippen molar-refractivity contribution < 1.29 is 4.74 Å². The molecule has 1 saturated heterocycles. The number of nitrogens with one attached hydrogen (secondary N) is 7. The predicted octanol–water partition coefficient (Wildman–Crippen LogP) is 1.90. The zero-order valence-electron chi connectivity index (χ0n) is 19.0. The number of hydrogen-bond donors (Lipinski definition) is 7. The van der Waals surface area contributed by atoms with Gasteiger partial charge in [-0.3, -0.25) is 10.8 Å². The Morgan fingerprint density at radius 2 is 2.00 bits per heavy atom. The van der Waals surface area contributed by atoms with Gasteiger partial charge in [-0.15, -0.1) is 0 Å². The van der Waals surface area contributed by atoms with Crippen LogP contribution in [-0.2, 0) is 4.74 Å². The van der Waals surface area contributed by atoms with Crippen molar-refractivity contribution in [1.82, 2.24) is 26.2 Å². The van der Waals surface area contributed by atoms with Crippen LogP contribution in [0, 0.1) is 22.1 Å². The zero-order chi connectivity index (χ0) is 23.3. The molecular formula is C23H32N8O. The fourth-order valence-electron chi connectivity index (χ4n) is 3.43. The van der Waals surface area contributed by atoms with E-state index in [0.29, 0.717) is 24.7 Å². The topological polar surface area (TPSA) is 132 Å². The lowest BCUT2D eigenvalue weighted by atomic mass is 9.99. The molecule has 9 nitrogen and oxygen atoms in total. The van der Waals surface area contributed by atoms with Gasteiger partial charge < -0.3 is 36.3 Å². The summed E-state index contributed by atoms with van der Waals surface area (Å²) in [7, 11) is 3.51. The quantitative estimate of drug-likeness (QED) is 0.230. The Morgan fingerprint density at radius 1 is 1.25 bits per heavy atom. The Morgan fingerprint density at radius 3 is 2.62 bits per heavy atom. The van der Waals surface area contributed by atoms with E-state index in [-0.39, 0.29) is 17.9 Å². The molecule has 0 aliphatic carbocycles. The largest absolute Gasteiger partial charge is 0.393 e. The van der Waals surface area contributed by atoms with E-state index in [0.717, 1.165) is 28.1 Å². The first-order chi connectivity index (χ1) is 15.4. The van der Waals surface area contributed by atoms with Crippen molar-refractivity contribution in [2.24, 2.45) is 5.92 Å². The Balaban J connectivity index is 1.72. The highest BCUT2D eigenvalue weighted by Crippen LogP contribution is 2.25. The number of methoxy groups -OCH3 is 1. The van der Waals surface area contributed by atoms with Crippen molar-refractivity contribution in [2.75, 3.05) is 27.2 Å². The highest BCUT2D eigenvalue weighted by molar-refractivity contribution is 6.01. The number of nitrogens with zero attached hydrogens (tertiary/aromatic N) is 1. The number of hydrogen-bond acceptors (Lipinski definition) is 7. The van der Waals surface area contributed by atoms with Crippen LogP contribution in [0.4, 0.5) is 0 Å². The van der Waals surface area contributed by atoms with Gasteiger partial charge in [-0.1, -0.05) is 13.8 Å². The Labute approximate surface area is 189 Å². The minimum atomic E-state index is 0.171. The van der Waals surface area contributed by atoms with Crippen LogP contribution in [0.3, 0.4) is 0 Å². The van der Waals surface area contributed by atoms with Gasteiger partial charge in [0.2, 0.25) is 0 Å². The lowest BCUT2D eigenvalue weighted by Gasteiger charge is -2.40. The molecule has 0 aromatic carbocycles. The number of amidine groups is 2. The van der Waals surface area contributed by atoms with E-state index in [2.05, 4.69) is 21.3 Å². The van der Waals surface area contributed by atoms with E-state index in [1.54, 1.807) is 13.2 Å². The SMILES string of the molecule is CN/C=C(\C(=N)N1CC(OC)C1)C1=CNC2=CC=C(NC(=N)C=C(C=N)C(C)C)NC2=C1. The molecule has 3 rings (SSSR count). The lowest BCUT2D eigenvalue weighted by Crippen LogP contribution is -2.54.